The molecule has 0 amide bonds. The van der Waals surface area contributed by atoms with Crippen LogP contribution in [0.25, 0.3) is 0 Å². The molecule has 2 aromatic rings. The molecular formula is C20H29IN4OS. The number of anilines is 1. The molecule has 148 valence electrons. The van der Waals surface area contributed by atoms with Crippen molar-refractivity contribution in [3.05, 3.63) is 47.3 Å². The molecule has 1 aliphatic rings. The van der Waals surface area contributed by atoms with Crippen LogP contribution in [0.4, 0.5) is 5.00 Å². The van der Waals surface area contributed by atoms with E-state index in [9.17, 15) is 0 Å². The molecule has 1 fully saturated rings. The summed E-state index contributed by atoms with van der Waals surface area (Å²) in [6.07, 6.45) is 3.23. The second-order valence-corrected chi connectivity index (χ2v) is 7.38. The van der Waals surface area contributed by atoms with Crippen molar-refractivity contribution in [1.29, 1.82) is 0 Å². The van der Waals surface area contributed by atoms with E-state index in [0.717, 1.165) is 50.6 Å². The zero-order valence-electron chi connectivity index (χ0n) is 16.0. The standard InChI is InChI=1S/C20H28N4OS.HI/c1-21-20(22-12-9-16-5-7-18(25-2)8-6-16)23-17-10-13-24(14-11-17)19-4-3-15-26-19;/h3-8,15,17H,9-14H2,1-2H3,(H2,21,22,23);1H. The first-order valence-electron chi connectivity index (χ1n) is 9.17. The largest absolute Gasteiger partial charge is 0.497 e. The predicted molar refractivity (Wildman–Crippen MR) is 126 cm³/mol. The number of thiophene rings is 1. The number of methoxy groups -OCH3 is 1. The van der Waals surface area contributed by atoms with Gasteiger partial charge in [-0.15, -0.1) is 35.3 Å². The molecular weight excluding hydrogens is 471 g/mol. The number of guanidine groups is 1. The Bertz CT molecular complexity index is 683. The number of hydrogen-bond acceptors (Lipinski definition) is 4. The molecule has 0 atom stereocenters. The first kappa shape index (κ1) is 21.8. The van der Waals surface area contributed by atoms with Gasteiger partial charge < -0.3 is 20.3 Å². The van der Waals surface area contributed by atoms with E-state index < -0.39 is 0 Å². The van der Waals surface area contributed by atoms with E-state index >= 15 is 0 Å². The lowest BCUT2D eigenvalue weighted by atomic mass is 10.1. The molecule has 1 aromatic carbocycles. The number of benzene rings is 1. The van der Waals surface area contributed by atoms with Gasteiger partial charge in [0.05, 0.1) is 12.1 Å². The highest BCUT2D eigenvalue weighted by molar-refractivity contribution is 14.0. The first-order valence-corrected chi connectivity index (χ1v) is 10.0. The minimum Gasteiger partial charge on any atom is -0.497 e. The smallest absolute Gasteiger partial charge is 0.191 e. The van der Waals surface area contributed by atoms with Crippen molar-refractivity contribution in [3.8, 4) is 5.75 Å². The van der Waals surface area contributed by atoms with Crippen LogP contribution in [0.3, 0.4) is 0 Å². The maximum Gasteiger partial charge on any atom is 0.191 e. The Hall–Kier alpha value is -1.48. The molecule has 27 heavy (non-hydrogen) atoms. The van der Waals surface area contributed by atoms with Gasteiger partial charge >= 0.3 is 0 Å². The quantitative estimate of drug-likeness (QED) is 0.361. The number of ether oxygens (including phenoxy) is 1. The second-order valence-electron chi connectivity index (χ2n) is 6.45. The summed E-state index contributed by atoms with van der Waals surface area (Å²) in [5, 5.41) is 10.5. The SMILES string of the molecule is CN=C(NCCc1ccc(OC)cc1)NC1CCN(c2cccs2)CC1.I. The predicted octanol–water partition coefficient (Wildman–Crippen LogP) is 3.75. The van der Waals surface area contributed by atoms with Crippen LogP contribution >= 0.6 is 35.3 Å². The molecule has 1 aromatic heterocycles. The molecule has 3 rings (SSSR count). The van der Waals surface area contributed by atoms with Crippen LogP contribution in [0, 0.1) is 0 Å². The van der Waals surface area contributed by atoms with E-state index in [-0.39, 0.29) is 24.0 Å². The molecule has 1 aliphatic heterocycles. The van der Waals surface area contributed by atoms with Crippen molar-refractivity contribution in [1.82, 2.24) is 10.6 Å². The van der Waals surface area contributed by atoms with Crippen molar-refractivity contribution >= 4 is 46.3 Å². The Morgan fingerprint density at radius 2 is 1.96 bits per heavy atom. The van der Waals surface area contributed by atoms with Crippen LogP contribution in [0.15, 0.2) is 46.8 Å². The van der Waals surface area contributed by atoms with Crippen molar-refractivity contribution in [3.63, 3.8) is 0 Å². The van der Waals surface area contributed by atoms with E-state index in [0.29, 0.717) is 6.04 Å². The molecule has 0 spiro atoms. The molecule has 0 aliphatic carbocycles. The van der Waals surface area contributed by atoms with Gasteiger partial charge in [-0.2, -0.15) is 0 Å². The maximum atomic E-state index is 5.20. The fourth-order valence-corrected chi connectivity index (χ4v) is 3.98. The Morgan fingerprint density at radius 3 is 2.56 bits per heavy atom. The second kappa shape index (κ2) is 11.4. The van der Waals surface area contributed by atoms with Crippen LogP contribution in [-0.2, 0) is 6.42 Å². The Morgan fingerprint density at radius 1 is 1.22 bits per heavy atom. The molecule has 0 saturated carbocycles. The molecule has 7 heteroatoms. The number of nitrogens with zero attached hydrogens (tertiary/aromatic N) is 2. The van der Waals surface area contributed by atoms with Gasteiger partial charge in [0.25, 0.3) is 0 Å². The van der Waals surface area contributed by atoms with Crippen molar-refractivity contribution in [2.24, 2.45) is 4.99 Å². The van der Waals surface area contributed by atoms with Crippen molar-refractivity contribution < 1.29 is 4.74 Å². The molecule has 2 N–H and O–H groups in total. The van der Waals surface area contributed by atoms with Crippen LogP contribution in [0.2, 0.25) is 0 Å². The number of hydrogen-bond donors (Lipinski definition) is 2. The minimum absolute atomic E-state index is 0. The normalized spacial score (nSPS) is 15.2. The number of piperidine rings is 1. The summed E-state index contributed by atoms with van der Waals surface area (Å²) in [7, 11) is 3.53. The number of nitrogens with one attached hydrogen (secondary N) is 2. The highest BCUT2D eigenvalue weighted by atomic mass is 127. The van der Waals surface area contributed by atoms with Crippen molar-refractivity contribution in [2.45, 2.75) is 25.3 Å². The van der Waals surface area contributed by atoms with E-state index in [1.54, 1.807) is 7.11 Å². The summed E-state index contributed by atoms with van der Waals surface area (Å²) in [6, 6.07) is 13.0. The fourth-order valence-electron chi connectivity index (χ4n) is 3.20. The molecule has 0 unspecified atom stereocenters. The highest BCUT2D eigenvalue weighted by Crippen LogP contribution is 2.24. The summed E-state index contributed by atoms with van der Waals surface area (Å²) >= 11 is 1.82. The summed E-state index contributed by atoms with van der Waals surface area (Å²) in [5.74, 6) is 1.79. The number of halogens is 1. The lowest BCUT2D eigenvalue weighted by Gasteiger charge is -2.33. The molecule has 0 radical (unpaired) electrons. The topological polar surface area (TPSA) is 48.9 Å². The monoisotopic (exact) mass is 500 g/mol. The van der Waals surface area contributed by atoms with E-state index in [4.69, 9.17) is 4.74 Å². The molecule has 1 saturated heterocycles. The molecule has 5 nitrogen and oxygen atoms in total. The van der Waals surface area contributed by atoms with Gasteiger partial charge in [0.2, 0.25) is 0 Å². The van der Waals surface area contributed by atoms with E-state index in [1.807, 2.05) is 30.5 Å². The lowest BCUT2D eigenvalue weighted by molar-refractivity contribution is 0.414. The van der Waals surface area contributed by atoms with Crippen LogP contribution in [0.1, 0.15) is 18.4 Å². The van der Waals surface area contributed by atoms with Gasteiger partial charge in [0.1, 0.15) is 5.75 Å². The minimum atomic E-state index is 0. The third-order valence-electron chi connectivity index (χ3n) is 4.74. The third-order valence-corrected chi connectivity index (χ3v) is 5.67. The van der Waals surface area contributed by atoms with Crippen LogP contribution < -0.4 is 20.3 Å². The van der Waals surface area contributed by atoms with Crippen molar-refractivity contribution in [2.75, 3.05) is 38.7 Å². The number of rotatable bonds is 6. The summed E-state index contributed by atoms with van der Waals surface area (Å²) in [5.41, 5.74) is 1.29. The number of aliphatic imine (C=N–C) groups is 1. The van der Waals surface area contributed by atoms with Gasteiger partial charge in [-0.25, -0.2) is 0 Å². The zero-order chi connectivity index (χ0) is 18.2. The van der Waals surface area contributed by atoms with E-state index in [1.165, 1.54) is 10.6 Å². The lowest BCUT2D eigenvalue weighted by Crippen LogP contribution is -2.49. The van der Waals surface area contributed by atoms with Gasteiger partial charge in [-0.05, 0) is 54.5 Å². The Balaban J connectivity index is 0.00000261. The van der Waals surface area contributed by atoms with Gasteiger partial charge in [0.15, 0.2) is 5.96 Å². The summed E-state index contributed by atoms with van der Waals surface area (Å²) < 4.78 is 5.20. The highest BCUT2D eigenvalue weighted by Gasteiger charge is 2.20. The van der Waals surface area contributed by atoms with E-state index in [2.05, 4.69) is 50.2 Å². The maximum absolute atomic E-state index is 5.20. The average Bonchev–Trinajstić information content (AvgIpc) is 3.23. The van der Waals surface area contributed by atoms with Gasteiger partial charge in [-0.3, -0.25) is 4.99 Å². The average molecular weight is 500 g/mol. The zero-order valence-corrected chi connectivity index (χ0v) is 19.1. The molecule has 0 bridgehead atoms. The third kappa shape index (κ3) is 6.57. The Kier molecular flexibility index (Phi) is 9.20. The van der Waals surface area contributed by atoms with Crippen LogP contribution in [0.5, 0.6) is 5.75 Å². The fraction of sp³-hybridized carbons (Fsp3) is 0.450. The molecule has 2 heterocycles. The Labute approximate surface area is 183 Å². The van der Waals surface area contributed by atoms with Crippen LogP contribution in [-0.4, -0.2) is 45.8 Å². The first-order chi connectivity index (χ1) is 12.8. The summed E-state index contributed by atoms with van der Waals surface area (Å²) in [4.78, 5) is 6.85. The summed E-state index contributed by atoms with van der Waals surface area (Å²) in [6.45, 7) is 3.06. The van der Waals surface area contributed by atoms with Gasteiger partial charge in [0, 0.05) is 32.7 Å². The van der Waals surface area contributed by atoms with Gasteiger partial charge in [-0.1, -0.05) is 12.1 Å².